The topological polar surface area (TPSA) is 84.9 Å². The molecule has 2 aliphatic rings. The molecule has 4 rings (SSSR count). The molecular formula is C19H18F2N2O5S. The number of carbonyl (C=O) groups is 1. The van der Waals surface area contributed by atoms with E-state index in [4.69, 9.17) is 0 Å². The highest BCUT2D eigenvalue weighted by Crippen LogP contribution is 2.42. The van der Waals surface area contributed by atoms with Crippen LogP contribution in [0.2, 0.25) is 0 Å². The Morgan fingerprint density at radius 2 is 1.72 bits per heavy atom. The lowest BCUT2D eigenvalue weighted by Crippen LogP contribution is -2.35. The number of ether oxygens (including phenoxy) is 2. The maximum Gasteiger partial charge on any atom is 0.586 e. The van der Waals surface area contributed by atoms with E-state index in [2.05, 4.69) is 14.8 Å². The predicted octanol–water partition coefficient (Wildman–Crippen LogP) is 3.44. The van der Waals surface area contributed by atoms with Crippen LogP contribution in [-0.2, 0) is 10.0 Å². The Kier molecular flexibility index (Phi) is 4.91. The molecule has 29 heavy (non-hydrogen) atoms. The van der Waals surface area contributed by atoms with Gasteiger partial charge in [-0.05, 0) is 43.2 Å². The third-order valence-electron chi connectivity index (χ3n) is 4.71. The van der Waals surface area contributed by atoms with Gasteiger partial charge in [0.05, 0.1) is 4.90 Å². The molecule has 2 aliphatic heterocycles. The summed E-state index contributed by atoms with van der Waals surface area (Å²) >= 11 is 0. The van der Waals surface area contributed by atoms with E-state index in [1.807, 2.05) is 0 Å². The summed E-state index contributed by atoms with van der Waals surface area (Å²) in [5, 5.41) is 2.55. The maximum absolute atomic E-state index is 13.1. The van der Waals surface area contributed by atoms with Crippen LogP contribution in [-0.4, -0.2) is 38.0 Å². The van der Waals surface area contributed by atoms with Crippen LogP contribution in [0.5, 0.6) is 11.5 Å². The largest absolute Gasteiger partial charge is 0.586 e. The Morgan fingerprint density at radius 1 is 1.00 bits per heavy atom. The lowest BCUT2D eigenvalue weighted by molar-refractivity contribution is -0.286. The van der Waals surface area contributed by atoms with Gasteiger partial charge in [0.1, 0.15) is 0 Å². The van der Waals surface area contributed by atoms with E-state index in [0.717, 1.165) is 19.3 Å². The Labute approximate surface area is 166 Å². The molecule has 0 unspecified atom stereocenters. The van der Waals surface area contributed by atoms with Gasteiger partial charge >= 0.3 is 6.29 Å². The van der Waals surface area contributed by atoms with Gasteiger partial charge in [-0.15, -0.1) is 8.78 Å². The molecule has 2 aromatic rings. The van der Waals surface area contributed by atoms with Gasteiger partial charge in [0.2, 0.25) is 10.0 Å². The van der Waals surface area contributed by atoms with E-state index >= 15 is 0 Å². The van der Waals surface area contributed by atoms with Crippen LogP contribution in [0.25, 0.3) is 0 Å². The molecule has 7 nitrogen and oxygen atoms in total. The SMILES string of the molecule is O=C(Nc1ccc2c(c1)OC(F)(F)O2)c1cccc(S(=O)(=O)N2CCCCC2)c1. The molecule has 2 heterocycles. The fourth-order valence-electron chi connectivity index (χ4n) is 3.28. The maximum atomic E-state index is 13.1. The number of benzene rings is 2. The molecule has 1 saturated heterocycles. The highest BCUT2D eigenvalue weighted by atomic mass is 32.2. The van der Waals surface area contributed by atoms with Crippen LogP contribution < -0.4 is 14.8 Å². The summed E-state index contributed by atoms with van der Waals surface area (Å²) < 4.78 is 61.9. The molecule has 1 N–H and O–H groups in total. The first-order valence-electron chi connectivity index (χ1n) is 9.06. The molecule has 0 radical (unpaired) electrons. The second-order valence-corrected chi connectivity index (χ2v) is 8.71. The molecule has 154 valence electrons. The third kappa shape index (κ3) is 4.03. The highest BCUT2D eigenvalue weighted by molar-refractivity contribution is 7.89. The quantitative estimate of drug-likeness (QED) is 0.813. The van der Waals surface area contributed by atoms with E-state index in [1.165, 1.54) is 46.8 Å². The molecule has 10 heteroatoms. The number of fused-ring (bicyclic) bond motifs is 1. The molecule has 0 spiro atoms. The van der Waals surface area contributed by atoms with Gasteiger partial charge in [-0.3, -0.25) is 4.79 Å². The van der Waals surface area contributed by atoms with Crippen molar-refractivity contribution in [2.45, 2.75) is 30.5 Å². The van der Waals surface area contributed by atoms with Gasteiger partial charge < -0.3 is 14.8 Å². The van der Waals surface area contributed by atoms with Crippen molar-refractivity contribution < 1.29 is 31.5 Å². The zero-order valence-corrected chi connectivity index (χ0v) is 16.0. The minimum absolute atomic E-state index is 0.0392. The molecule has 2 aromatic carbocycles. The number of sulfonamides is 1. The Morgan fingerprint density at radius 3 is 2.48 bits per heavy atom. The third-order valence-corrected chi connectivity index (χ3v) is 6.60. The lowest BCUT2D eigenvalue weighted by Gasteiger charge is -2.26. The number of carbonyl (C=O) groups excluding carboxylic acids is 1. The van der Waals surface area contributed by atoms with E-state index < -0.39 is 22.2 Å². The minimum Gasteiger partial charge on any atom is -0.395 e. The molecule has 1 amide bonds. The zero-order chi connectivity index (χ0) is 20.6. The number of nitrogens with one attached hydrogen (secondary N) is 1. The molecule has 0 aromatic heterocycles. The van der Waals surface area contributed by atoms with E-state index in [9.17, 15) is 22.0 Å². The van der Waals surface area contributed by atoms with Crippen molar-refractivity contribution in [3.63, 3.8) is 0 Å². The Hall–Kier alpha value is -2.72. The van der Waals surface area contributed by atoms with E-state index in [0.29, 0.717) is 13.1 Å². The number of piperidine rings is 1. The summed E-state index contributed by atoms with van der Waals surface area (Å²) in [4.78, 5) is 12.6. The fraction of sp³-hybridized carbons (Fsp3) is 0.316. The van der Waals surface area contributed by atoms with Crippen molar-refractivity contribution in [2.24, 2.45) is 0 Å². The van der Waals surface area contributed by atoms with Gasteiger partial charge in [-0.2, -0.15) is 4.31 Å². The van der Waals surface area contributed by atoms with Gasteiger partial charge in [-0.25, -0.2) is 8.42 Å². The standard InChI is InChI=1S/C19H18F2N2O5S/c20-19(21)27-16-8-7-14(12-17(16)28-19)22-18(24)13-5-4-6-15(11-13)29(25,26)23-9-2-1-3-10-23/h4-8,11-12H,1-3,9-10H2,(H,22,24). The van der Waals surface area contributed by atoms with Crippen molar-refractivity contribution in [3.8, 4) is 11.5 Å². The number of rotatable bonds is 4. The molecular weight excluding hydrogens is 406 g/mol. The fourth-order valence-corrected chi connectivity index (χ4v) is 4.85. The van der Waals surface area contributed by atoms with Crippen molar-refractivity contribution in [3.05, 3.63) is 48.0 Å². The first kappa shape index (κ1) is 19.6. The summed E-state index contributed by atoms with van der Waals surface area (Å²) in [6, 6.07) is 9.57. The van der Waals surface area contributed by atoms with Crippen LogP contribution >= 0.6 is 0 Å². The van der Waals surface area contributed by atoms with Crippen molar-refractivity contribution in [2.75, 3.05) is 18.4 Å². The van der Waals surface area contributed by atoms with Crippen LogP contribution in [0.4, 0.5) is 14.5 Å². The van der Waals surface area contributed by atoms with Crippen LogP contribution in [0.15, 0.2) is 47.4 Å². The van der Waals surface area contributed by atoms with E-state index in [-0.39, 0.29) is 27.6 Å². The van der Waals surface area contributed by atoms with Crippen LogP contribution in [0.1, 0.15) is 29.6 Å². The number of nitrogens with zero attached hydrogens (tertiary/aromatic N) is 1. The zero-order valence-electron chi connectivity index (χ0n) is 15.2. The van der Waals surface area contributed by atoms with Gasteiger partial charge in [-0.1, -0.05) is 12.5 Å². The van der Waals surface area contributed by atoms with Crippen molar-refractivity contribution in [1.29, 1.82) is 0 Å². The Balaban J connectivity index is 1.52. The van der Waals surface area contributed by atoms with Crippen molar-refractivity contribution >= 4 is 21.6 Å². The molecule has 0 saturated carbocycles. The molecule has 1 fully saturated rings. The number of anilines is 1. The summed E-state index contributed by atoms with van der Waals surface area (Å²) in [7, 11) is -3.68. The normalized spacial score (nSPS) is 18.4. The minimum atomic E-state index is -3.75. The van der Waals surface area contributed by atoms with Gasteiger partial charge in [0.15, 0.2) is 11.5 Å². The summed E-state index contributed by atoms with van der Waals surface area (Å²) in [5.41, 5.74) is 0.338. The Bertz CT molecular complexity index is 1050. The summed E-state index contributed by atoms with van der Waals surface area (Å²) in [5.74, 6) is -0.914. The van der Waals surface area contributed by atoms with Crippen molar-refractivity contribution in [1.82, 2.24) is 4.31 Å². The molecule has 0 aliphatic carbocycles. The van der Waals surface area contributed by atoms with Crippen LogP contribution in [0.3, 0.4) is 0 Å². The second-order valence-electron chi connectivity index (χ2n) is 6.78. The highest BCUT2D eigenvalue weighted by Gasteiger charge is 2.43. The van der Waals surface area contributed by atoms with Gasteiger partial charge in [0, 0.05) is 30.4 Å². The first-order valence-corrected chi connectivity index (χ1v) is 10.5. The summed E-state index contributed by atoms with van der Waals surface area (Å²) in [6.45, 7) is 0.918. The van der Waals surface area contributed by atoms with E-state index in [1.54, 1.807) is 0 Å². The molecule has 0 atom stereocenters. The lowest BCUT2D eigenvalue weighted by atomic mass is 10.2. The smallest absolute Gasteiger partial charge is 0.395 e. The number of hydrogen-bond acceptors (Lipinski definition) is 5. The van der Waals surface area contributed by atoms with Crippen LogP contribution in [0, 0.1) is 0 Å². The summed E-state index contributed by atoms with van der Waals surface area (Å²) in [6.07, 6.45) is -1.14. The average molecular weight is 424 g/mol. The average Bonchev–Trinajstić information content (AvgIpc) is 3.02. The first-order chi connectivity index (χ1) is 13.7. The van der Waals surface area contributed by atoms with Gasteiger partial charge in [0.25, 0.3) is 5.91 Å². The second kappa shape index (κ2) is 7.27. The number of alkyl halides is 2. The number of amides is 1. The monoisotopic (exact) mass is 424 g/mol. The number of halogens is 2. The predicted molar refractivity (Wildman–Crippen MR) is 99.7 cm³/mol. The number of hydrogen-bond donors (Lipinski definition) is 1. The molecule has 0 bridgehead atoms.